The molecule has 1 atom stereocenters. The van der Waals surface area contributed by atoms with Crippen LogP contribution < -0.4 is 0 Å². The number of furan rings is 1. The molecule has 1 aliphatic carbocycles. The summed E-state index contributed by atoms with van der Waals surface area (Å²) in [5, 5.41) is 18.5. The van der Waals surface area contributed by atoms with Crippen LogP contribution in [0.5, 0.6) is 0 Å². The molecule has 1 unspecified atom stereocenters. The predicted molar refractivity (Wildman–Crippen MR) is 115 cm³/mol. The Balaban J connectivity index is 1.55. The van der Waals surface area contributed by atoms with Gasteiger partial charge in [0.2, 0.25) is 0 Å². The Bertz CT molecular complexity index is 1050. The van der Waals surface area contributed by atoms with Crippen molar-refractivity contribution >= 4 is 16.7 Å². The monoisotopic (exact) mass is 404 g/mol. The maximum atomic E-state index is 9.84. The zero-order chi connectivity index (χ0) is 21.0. The number of hydrogen-bond donors (Lipinski definition) is 1. The molecule has 7 heteroatoms. The van der Waals surface area contributed by atoms with E-state index in [0.717, 1.165) is 29.5 Å². The summed E-state index contributed by atoms with van der Waals surface area (Å²) in [5.41, 5.74) is 11.3. The number of para-hydroxylation sites is 1. The predicted octanol–water partition coefficient (Wildman–Crippen LogP) is 5.19. The molecule has 7 nitrogen and oxygen atoms in total. The molecule has 0 amide bonds. The van der Waals surface area contributed by atoms with E-state index < -0.39 is 6.10 Å². The van der Waals surface area contributed by atoms with Crippen LogP contribution in [0.1, 0.15) is 31.1 Å². The molecule has 1 fully saturated rings. The fraction of sp³-hybridized carbons (Fsp3) is 0.348. The van der Waals surface area contributed by atoms with Crippen molar-refractivity contribution in [2.24, 2.45) is 16.2 Å². The highest BCUT2D eigenvalue weighted by atomic mass is 16.6. The minimum atomic E-state index is -0.905. The third kappa shape index (κ3) is 4.17. The lowest BCUT2D eigenvalue weighted by Crippen LogP contribution is -2.42. The number of hydrogen-bond acceptors (Lipinski definition) is 5. The summed E-state index contributed by atoms with van der Waals surface area (Å²) in [5.74, 6) is 0.867. The molecule has 3 aromatic rings. The van der Waals surface area contributed by atoms with Gasteiger partial charge in [-0.05, 0) is 41.5 Å². The van der Waals surface area contributed by atoms with E-state index in [1.54, 1.807) is 0 Å². The first kappa shape index (κ1) is 20.0. The third-order valence-corrected chi connectivity index (χ3v) is 5.71. The topological polar surface area (TPSA) is 104 Å². The van der Waals surface area contributed by atoms with Crippen LogP contribution in [-0.2, 0) is 10.3 Å². The van der Waals surface area contributed by atoms with Gasteiger partial charge < -0.3 is 14.4 Å². The molecule has 0 bridgehead atoms. The standard InChI is InChI=1S/C23H24N4O3/c1-23(18-8-3-2-4-9-18)12-17(13-23)22(26-29-15-19(28)14-25-27-24)21-11-16-7-5-6-10-20(16)30-21/h2-11,17,19,28H,12-15H2,1H3. The molecule has 4 rings (SSSR count). The van der Waals surface area contributed by atoms with Crippen LogP contribution >= 0.6 is 0 Å². The van der Waals surface area contributed by atoms with E-state index in [-0.39, 0.29) is 24.5 Å². The summed E-state index contributed by atoms with van der Waals surface area (Å²) in [6, 6.07) is 20.3. The number of aliphatic hydroxyl groups excluding tert-OH is 1. The van der Waals surface area contributed by atoms with Crippen molar-refractivity contribution < 1.29 is 14.4 Å². The average Bonchev–Trinajstić information content (AvgIpc) is 3.18. The number of fused-ring (bicyclic) bond motifs is 1. The fourth-order valence-corrected chi connectivity index (χ4v) is 4.10. The summed E-state index contributed by atoms with van der Waals surface area (Å²) in [7, 11) is 0. The molecule has 1 saturated carbocycles. The Labute approximate surface area is 174 Å². The van der Waals surface area contributed by atoms with Gasteiger partial charge >= 0.3 is 0 Å². The second kappa shape index (κ2) is 8.61. The van der Waals surface area contributed by atoms with Gasteiger partial charge in [-0.1, -0.05) is 65.7 Å². The third-order valence-electron chi connectivity index (χ3n) is 5.71. The molecular formula is C23H24N4O3. The maximum absolute atomic E-state index is 9.84. The minimum Gasteiger partial charge on any atom is -0.455 e. The highest BCUT2D eigenvalue weighted by Crippen LogP contribution is 2.49. The van der Waals surface area contributed by atoms with Gasteiger partial charge in [-0.2, -0.15) is 0 Å². The van der Waals surface area contributed by atoms with E-state index in [1.807, 2.05) is 36.4 Å². The smallest absolute Gasteiger partial charge is 0.153 e. The first-order valence-corrected chi connectivity index (χ1v) is 10.0. The molecular weight excluding hydrogens is 380 g/mol. The van der Waals surface area contributed by atoms with Crippen LogP contribution in [0.25, 0.3) is 21.4 Å². The van der Waals surface area contributed by atoms with Gasteiger partial charge in [-0.3, -0.25) is 0 Å². The van der Waals surface area contributed by atoms with Crippen LogP contribution in [0.4, 0.5) is 0 Å². The zero-order valence-corrected chi connectivity index (χ0v) is 16.8. The number of nitrogens with zero attached hydrogens (tertiary/aromatic N) is 4. The van der Waals surface area contributed by atoms with Crippen molar-refractivity contribution in [3.8, 4) is 0 Å². The van der Waals surface area contributed by atoms with Crippen LogP contribution in [-0.4, -0.2) is 30.1 Å². The van der Waals surface area contributed by atoms with Gasteiger partial charge in [-0.25, -0.2) is 0 Å². The average molecular weight is 404 g/mol. The van der Waals surface area contributed by atoms with E-state index in [2.05, 4.69) is 46.4 Å². The van der Waals surface area contributed by atoms with Gasteiger partial charge in [0.25, 0.3) is 0 Å². The number of oxime groups is 1. The lowest BCUT2D eigenvalue weighted by Gasteiger charge is -2.45. The molecule has 2 aromatic carbocycles. The van der Waals surface area contributed by atoms with Crippen molar-refractivity contribution in [1.82, 2.24) is 0 Å². The van der Waals surface area contributed by atoms with Gasteiger partial charge in [0, 0.05) is 16.2 Å². The molecule has 30 heavy (non-hydrogen) atoms. The van der Waals surface area contributed by atoms with E-state index in [0.29, 0.717) is 5.76 Å². The van der Waals surface area contributed by atoms with Gasteiger partial charge in [0.15, 0.2) is 5.76 Å². The normalized spacial score (nSPS) is 22.2. The number of rotatable bonds is 8. The summed E-state index contributed by atoms with van der Waals surface area (Å²) < 4.78 is 6.04. The Morgan fingerprint density at radius 1 is 1.23 bits per heavy atom. The second-order valence-corrected chi connectivity index (χ2v) is 8.02. The summed E-state index contributed by atoms with van der Waals surface area (Å²) in [6.07, 6.45) is 0.951. The molecule has 0 spiro atoms. The van der Waals surface area contributed by atoms with Crippen LogP contribution in [0.3, 0.4) is 0 Å². The molecule has 0 aliphatic heterocycles. The van der Waals surface area contributed by atoms with Crippen molar-refractivity contribution in [2.75, 3.05) is 13.2 Å². The Morgan fingerprint density at radius 2 is 1.97 bits per heavy atom. The molecule has 0 radical (unpaired) electrons. The fourth-order valence-electron chi connectivity index (χ4n) is 4.10. The lowest BCUT2D eigenvalue weighted by molar-refractivity contribution is 0.0430. The van der Waals surface area contributed by atoms with Crippen LogP contribution in [0.15, 0.2) is 75.4 Å². The van der Waals surface area contributed by atoms with Crippen molar-refractivity contribution in [3.63, 3.8) is 0 Å². The SMILES string of the molecule is CC1(c2ccccc2)CC(C(=NOCC(O)CN=[N+]=[N-])c2cc3ccccc3o2)C1. The van der Waals surface area contributed by atoms with E-state index >= 15 is 0 Å². The largest absolute Gasteiger partial charge is 0.455 e. The van der Waals surface area contributed by atoms with Gasteiger partial charge in [0.05, 0.1) is 12.6 Å². The van der Waals surface area contributed by atoms with Crippen molar-refractivity contribution in [2.45, 2.75) is 31.3 Å². The Kier molecular flexibility index (Phi) is 5.74. The highest BCUT2D eigenvalue weighted by molar-refractivity contribution is 6.03. The van der Waals surface area contributed by atoms with E-state index in [1.165, 1.54) is 5.56 Å². The van der Waals surface area contributed by atoms with Crippen LogP contribution in [0, 0.1) is 5.92 Å². The Morgan fingerprint density at radius 3 is 2.70 bits per heavy atom. The quantitative estimate of drug-likeness (QED) is 0.184. The molecule has 1 aromatic heterocycles. The van der Waals surface area contributed by atoms with Crippen molar-refractivity contribution in [3.05, 3.63) is 82.4 Å². The highest BCUT2D eigenvalue weighted by Gasteiger charge is 2.45. The Hall–Kier alpha value is -3.28. The molecule has 1 aliphatic rings. The van der Waals surface area contributed by atoms with E-state index in [9.17, 15) is 5.11 Å². The first-order chi connectivity index (χ1) is 14.6. The molecule has 1 N–H and O–H groups in total. The zero-order valence-electron chi connectivity index (χ0n) is 16.8. The van der Waals surface area contributed by atoms with Gasteiger partial charge in [0.1, 0.15) is 17.9 Å². The molecule has 154 valence electrons. The number of benzene rings is 2. The molecule has 1 heterocycles. The van der Waals surface area contributed by atoms with Gasteiger partial charge in [-0.15, -0.1) is 0 Å². The second-order valence-electron chi connectivity index (χ2n) is 8.02. The number of azide groups is 1. The van der Waals surface area contributed by atoms with Crippen molar-refractivity contribution in [1.29, 1.82) is 0 Å². The van der Waals surface area contributed by atoms with Crippen LogP contribution in [0.2, 0.25) is 0 Å². The minimum absolute atomic E-state index is 0.0502. The maximum Gasteiger partial charge on any atom is 0.153 e. The first-order valence-electron chi connectivity index (χ1n) is 10.0. The summed E-state index contributed by atoms with van der Waals surface area (Å²) in [6.45, 7) is 2.16. The van der Waals surface area contributed by atoms with E-state index in [4.69, 9.17) is 14.8 Å². The lowest BCUT2D eigenvalue weighted by atomic mass is 9.58. The molecule has 0 saturated heterocycles. The summed E-state index contributed by atoms with van der Waals surface area (Å²) in [4.78, 5) is 8.08. The number of aliphatic hydroxyl groups is 1. The summed E-state index contributed by atoms with van der Waals surface area (Å²) >= 11 is 0.